The van der Waals surface area contributed by atoms with Crippen molar-refractivity contribution in [1.82, 2.24) is 5.43 Å². The molecule has 5 heteroatoms. The van der Waals surface area contributed by atoms with Gasteiger partial charge in [0.2, 0.25) is 0 Å². The predicted molar refractivity (Wildman–Crippen MR) is 83.0 cm³/mol. The Morgan fingerprint density at radius 2 is 1.90 bits per heavy atom. The van der Waals surface area contributed by atoms with Crippen LogP contribution in [-0.2, 0) is 4.79 Å². The number of carbonyl (C=O) groups is 1. The second-order valence-electron chi connectivity index (χ2n) is 4.44. The monoisotopic (exact) mass is 287 g/mol. The van der Waals surface area contributed by atoms with Gasteiger partial charge in [-0.2, -0.15) is 0 Å². The fourth-order valence-corrected chi connectivity index (χ4v) is 2.97. The summed E-state index contributed by atoms with van der Waals surface area (Å²) in [7, 11) is 0. The lowest BCUT2D eigenvalue weighted by Gasteiger charge is -2.16. The lowest BCUT2D eigenvalue weighted by Crippen LogP contribution is -2.33. The van der Waals surface area contributed by atoms with Crippen LogP contribution in [0.1, 0.15) is 16.4 Å². The third-order valence-electron chi connectivity index (χ3n) is 2.98. The standard InChI is InChI=1S/C15H17N3OS/c1-10-9-12(7-8-13(10)16)20-14(15(19)18-17)11-5-3-2-4-6-11/h2-9,14H,16-17H2,1H3,(H,18,19). The largest absolute Gasteiger partial charge is 0.399 e. The van der Waals surface area contributed by atoms with Crippen molar-refractivity contribution >= 4 is 23.4 Å². The molecule has 2 aromatic carbocycles. The number of rotatable bonds is 4. The van der Waals surface area contributed by atoms with Gasteiger partial charge in [0.1, 0.15) is 5.25 Å². The van der Waals surface area contributed by atoms with E-state index in [-0.39, 0.29) is 11.2 Å². The van der Waals surface area contributed by atoms with Crippen molar-refractivity contribution in [3.05, 3.63) is 59.7 Å². The number of hydrazine groups is 1. The van der Waals surface area contributed by atoms with Crippen LogP contribution in [0.4, 0.5) is 5.69 Å². The second kappa shape index (κ2) is 6.45. The quantitative estimate of drug-likeness (QED) is 0.265. The molecule has 4 nitrogen and oxygen atoms in total. The first kappa shape index (κ1) is 14.4. The Bertz CT molecular complexity index is 601. The van der Waals surface area contributed by atoms with E-state index in [1.807, 2.05) is 55.5 Å². The van der Waals surface area contributed by atoms with E-state index in [1.165, 1.54) is 11.8 Å². The number of aryl methyl sites for hydroxylation is 1. The molecule has 0 fully saturated rings. The molecule has 104 valence electrons. The van der Waals surface area contributed by atoms with Crippen molar-refractivity contribution < 1.29 is 4.79 Å². The van der Waals surface area contributed by atoms with E-state index in [4.69, 9.17) is 11.6 Å². The summed E-state index contributed by atoms with van der Waals surface area (Å²) < 4.78 is 0. The van der Waals surface area contributed by atoms with Crippen LogP contribution in [0.2, 0.25) is 0 Å². The van der Waals surface area contributed by atoms with Crippen molar-refractivity contribution in [1.29, 1.82) is 0 Å². The van der Waals surface area contributed by atoms with Gasteiger partial charge in [-0.05, 0) is 36.2 Å². The van der Waals surface area contributed by atoms with Crippen molar-refractivity contribution in [3.63, 3.8) is 0 Å². The summed E-state index contributed by atoms with van der Waals surface area (Å²) in [5.41, 5.74) is 10.7. The van der Waals surface area contributed by atoms with Gasteiger partial charge in [0.15, 0.2) is 0 Å². The number of amides is 1. The van der Waals surface area contributed by atoms with Gasteiger partial charge in [-0.3, -0.25) is 10.2 Å². The van der Waals surface area contributed by atoms with Crippen molar-refractivity contribution in [2.75, 3.05) is 5.73 Å². The Hall–Kier alpha value is -1.98. The van der Waals surface area contributed by atoms with E-state index in [0.29, 0.717) is 0 Å². The van der Waals surface area contributed by atoms with E-state index < -0.39 is 0 Å². The number of hydrogen-bond acceptors (Lipinski definition) is 4. The molecular weight excluding hydrogens is 270 g/mol. The summed E-state index contributed by atoms with van der Waals surface area (Å²) in [6.07, 6.45) is 0. The van der Waals surface area contributed by atoms with Crippen molar-refractivity contribution in [2.45, 2.75) is 17.1 Å². The Morgan fingerprint density at radius 3 is 2.50 bits per heavy atom. The minimum absolute atomic E-state index is 0.226. The first-order chi connectivity index (χ1) is 9.61. The van der Waals surface area contributed by atoms with Crippen LogP contribution in [0.25, 0.3) is 0 Å². The number of hydrogen-bond donors (Lipinski definition) is 3. The first-order valence-corrected chi connectivity index (χ1v) is 7.08. The lowest BCUT2D eigenvalue weighted by molar-refractivity contribution is -0.120. The molecule has 2 aromatic rings. The number of anilines is 1. The molecule has 0 aliphatic carbocycles. The zero-order valence-electron chi connectivity index (χ0n) is 11.2. The number of nitrogens with two attached hydrogens (primary N) is 2. The van der Waals surface area contributed by atoms with Gasteiger partial charge in [0.05, 0.1) is 0 Å². The van der Waals surface area contributed by atoms with Gasteiger partial charge in [0, 0.05) is 10.6 Å². The van der Waals surface area contributed by atoms with Crippen LogP contribution in [0.3, 0.4) is 0 Å². The van der Waals surface area contributed by atoms with Gasteiger partial charge in [0.25, 0.3) is 5.91 Å². The summed E-state index contributed by atoms with van der Waals surface area (Å²) in [6.45, 7) is 1.94. The summed E-state index contributed by atoms with van der Waals surface area (Å²) >= 11 is 1.45. The Kier molecular flexibility index (Phi) is 4.65. The SMILES string of the molecule is Cc1cc(SC(C(=O)NN)c2ccccc2)ccc1N. The maximum Gasteiger partial charge on any atom is 0.251 e. The summed E-state index contributed by atoms with van der Waals surface area (Å²) in [6, 6.07) is 15.3. The fourth-order valence-electron chi connectivity index (χ4n) is 1.83. The van der Waals surface area contributed by atoms with E-state index in [2.05, 4.69) is 5.43 Å². The molecule has 0 aromatic heterocycles. The Labute approximate surface area is 122 Å². The number of nitrogen functional groups attached to an aromatic ring is 1. The molecule has 2 rings (SSSR count). The highest BCUT2D eigenvalue weighted by atomic mass is 32.2. The molecule has 0 heterocycles. The van der Waals surface area contributed by atoms with Gasteiger partial charge in [-0.1, -0.05) is 30.3 Å². The third kappa shape index (κ3) is 3.31. The summed E-state index contributed by atoms with van der Waals surface area (Å²) in [5.74, 6) is 5.06. The van der Waals surface area contributed by atoms with Crippen molar-refractivity contribution in [2.24, 2.45) is 5.84 Å². The molecule has 1 atom stereocenters. The molecule has 20 heavy (non-hydrogen) atoms. The molecule has 0 aliphatic heterocycles. The normalized spacial score (nSPS) is 11.9. The molecular formula is C15H17N3OS. The van der Waals surface area contributed by atoms with E-state index in [9.17, 15) is 4.79 Å². The maximum absolute atomic E-state index is 12.0. The molecule has 1 amide bonds. The van der Waals surface area contributed by atoms with E-state index in [1.54, 1.807) is 0 Å². The molecule has 0 spiro atoms. The maximum atomic E-state index is 12.0. The number of benzene rings is 2. The highest BCUT2D eigenvalue weighted by molar-refractivity contribution is 8.00. The highest BCUT2D eigenvalue weighted by Gasteiger charge is 2.21. The van der Waals surface area contributed by atoms with Crippen molar-refractivity contribution in [3.8, 4) is 0 Å². The molecule has 0 saturated heterocycles. The molecule has 0 bridgehead atoms. The number of nitrogens with one attached hydrogen (secondary N) is 1. The minimum atomic E-state index is -0.385. The Morgan fingerprint density at radius 1 is 1.20 bits per heavy atom. The average Bonchev–Trinajstić information content (AvgIpc) is 2.48. The summed E-state index contributed by atoms with van der Waals surface area (Å²) in [4.78, 5) is 13.0. The van der Waals surface area contributed by atoms with Gasteiger partial charge in [-0.25, -0.2) is 5.84 Å². The number of carbonyl (C=O) groups excluding carboxylic acids is 1. The van der Waals surface area contributed by atoms with Crippen LogP contribution >= 0.6 is 11.8 Å². The van der Waals surface area contributed by atoms with Gasteiger partial charge in [-0.15, -0.1) is 11.8 Å². The Balaban J connectivity index is 2.28. The molecule has 0 aliphatic rings. The number of thioether (sulfide) groups is 1. The first-order valence-electron chi connectivity index (χ1n) is 6.20. The van der Waals surface area contributed by atoms with Crippen LogP contribution < -0.4 is 17.0 Å². The fraction of sp³-hybridized carbons (Fsp3) is 0.133. The van der Waals surface area contributed by atoms with Crippen LogP contribution in [0, 0.1) is 6.92 Å². The molecule has 0 radical (unpaired) electrons. The zero-order valence-corrected chi connectivity index (χ0v) is 12.0. The van der Waals surface area contributed by atoms with E-state index in [0.717, 1.165) is 21.7 Å². The molecule has 1 unspecified atom stereocenters. The topological polar surface area (TPSA) is 81.1 Å². The highest BCUT2D eigenvalue weighted by Crippen LogP contribution is 2.36. The minimum Gasteiger partial charge on any atom is -0.399 e. The lowest BCUT2D eigenvalue weighted by atomic mass is 10.1. The molecule has 0 saturated carbocycles. The zero-order chi connectivity index (χ0) is 14.5. The summed E-state index contributed by atoms with van der Waals surface area (Å²) in [5, 5.41) is -0.385. The van der Waals surface area contributed by atoms with E-state index >= 15 is 0 Å². The average molecular weight is 287 g/mol. The van der Waals surface area contributed by atoms with Gasteiger partial charge >= 0.3 is 0 Å². The van der Waals surface area contributed by atoms with Gasteiger partial charge < -0.3 is 5.73 Å². The third-order valence-corrected chi connectivity index (χ3v) is 4.23. The van der Waals surface area contributed by atoms with Crippen LogP contribution in [0.15, 0.2) is 53.4 Å². The smallest absolute Gasteiger partial charge is 0.251 e. The predicted octanol–water partition coefficient (Wildman–Crippen LogP) is 2.40. The second-order valence-corrected chi connectivity index (χ2v) is 5.61. The van der Waals surface area contributed by atoms with Crippen LogP contribution in [0.5, 0.6) is 0 Å². The van der Waals surface area contributed by atoms with Crippen LogP contribution in [-0.4, -0.2) is 5.91 Å². The molecule has 5 N–H and O–H groups in total.